The standard InChI is InChI=1S/C16H22FNO3/c1-12(13-7-4-5-8-14(13)17)11-15(19)18-10-6-2-3-9-16(20)21/h4-5,7-8,12H,2-3,6,9-11H2,1H3,(H,18,19)(H,20,21). The molecule has 1 rings (SSSR count). The summed E-state index contributed by atoms with van der Waals surface area (Å²) in [4.78, 5) is 22.1. The Bertz CT molecular complexity index is 476. The van der Waals surface area contributed by atoms with Gasteiger partial charge < -0.3 is 10.4 Å². The molecular weight excluding hydrogens is 273 g/mol. The van der Waals surface area contributed by atoms with Crippen LogP contribution in [0.1, 0.15) is 50.5 Å². The molecule has 0 radical (unpaired) electrons. The molecule has 1 unspecified atom stereocenters. The number of amides is 1. The summed E-state index contributed by atoms with van der Waals surface area (Å²) >= 11 is 0. The highest BCUT2D eigenvalue weighted by Gasteiger charge is 2.14. The normalized spacial score (nSPS) is 11.9. The van der Waals surface area contributed by atoms with E-state index in [9.17, 15) is 14.0 Å². The van der Waals surface area contributed by atoms with Crippen molar-refractivity contribution in [3.8, 4) is 0 Å². The van der Waals surface area contributed by atoms with Crippen molar-refractivity contribution in [2.24, 2.45) is 0 Å². The highest BCUT2D eigenvalue weighted by molar-refractivity contribution is 5.76. The van der Waals surface area contributed by atoms with Crippen molar-refractivity contribution in [1.29, 1.82) is 0 Å². The zero-order valence-electron chi connectivity index (χ0n) is 12.3. The SMILES string of the molecule is CC(CC(=O)NCCCCCC(=O)O)c1ccccc1F. The van der Waals surface area contributed by atoms with Crippen LogP contribution < -0.4 is 5.32 Å². The average molecular weight is 295 g/mol. The Morgan fingerprint density at radius 2 is 1.95 bits per heavy atom. The van der Waals surface area contributed by atoms with E-state index in [4.69, 9.17) is 5.11 Å². The van der Waals surface area contributed by atoms with E-state index in [2.05, 4.69) is 5.32 Å². The first-order valence-corrected chi connectivity index (χ1v) is 7.23. The fourth-order valence-electron chi connectivity index (χ4n) is 2.14. The molecule has 0 aliphatic heterocycles. The second kappa shape index (κ2) is 9.10. The monoisotopic (exact) mass is 295 g/mol. The van der Waals surface area contributed by atoms with Crippen LogP contribution in [0.25, 0.3) is 0 Å². The molecule has 1 aromatic carbocycles. The van der Waals surface area contributed by atoms with Gasteiger partial charge in [0.2, 0.25) is 5.91 Å². The molecule has 1 aromatic rings. The van der Waals surface area contributed by atoms with E-state index in [1.807, 2.05) is 6.92 Å². The Hall–Kier alpha value is -1.91. The molecule has 2 N–H and O–H groups in total. The summed E-state index contributed by atoms with van der Waals surface area (Å²) in [5.74, 6) is -1.36. The number of carbonyl (C=O) groups is 2. The first-order chi connectivity index (χ1) is 10.0. The average Bonchev–Trinajstić information content (AvgIpc) is 2.42. The van der Waals surface area contributed by atoms with Crippen molar-refractivity contribution in [3.63, 3.8) is 0 Å². The molecule has 1 atom stereocenters. The van der Waals surface area contributed by atoms with Gasteiger partial charge in [-0.3, -0.25) is 9.59 Å². The molecule has 1 amide bonds. The maximum absolute atomic E-state index is 13.6. The van der Waals surface area contributed by atoms with Gasteiger partial charge in [-0.25, -0.2) is 4.39 Å². The molecule has 4 nitrogen and oxygen atoms in total. The Labute approximate surface area is 124 Å². The van der Waals surface area contributed by atoms with Gasteiger partial charge in [-0.05, 0) is 30.4 Å². The van der Waals surface area contributed by atoms with Gasteiger partial charge in [0.25, 0.3) is 0 Å². The van der Waals surface area contributed by atoms with E-state index in [0.717, 1.165) is 12.8 Å². The summed E-state index contributed by atoms with van der Waals surface area (Å²) in [6.07, 6.45) is 2.56. The number of unbranched alkanes of at least 4 members (excludes halogenated alkanes) is 2. The quantitative estimate of drug-likeness (QED) is 0.688. The molecule has 21 heavy (non-hydrogen) atoms. The van der Waals surface area contributed by atoms with Crippen LogP contribution in [0.5, 0.6) is 0 Å². The number of carbonyl (C=O) groups excluding carboxylic acids is 1. The van der Waals surface area contributed by atoms with Crippen LogP contribution in [0, 0.1) is 5.82 Å². The van der Waals surface area contributed by atoms with E-state index in [-0.39, 0.29) is 30.5 Å². The molecule has 5 heteroatoms. The fraction of sp³-hybridized carbons (Fsp3) is 0.500. The lowest BCUT2D eigenvalue weighted by atomic mass is 9.97. The van der Waals surface area contributed by atoms with Crippen LogP contribution in [0.15, 0.2) is 24.3 Å². The number of halogens is 1. The minimum atomic E-state index is -0.794. The van der Waals surface area contributed by atoms with Gasteiger partial charge in [0, 0.05) is 19.4 Å². The van der Waals surface area contributed by atoms with Crippen molar-refractivity contribution < 1.29 is 19.1 Å². The fourth-order valence-corrected chi connectivity index (χ4v) is 2.14. The molecule has 0 saturated heterocycles. The van der Waals surface area contributed by atoms with E-state index >= 15 is 0 Å². The molecule has 116 valence electrons. The predicted octanol–water partition coefficient (Wildman–Crippen LogP) is 3.08. The molecule has 0 saturated carbocycles. The predicted molar refractivity (Wildman–Crippen MR) is 78.5 cm³/mol. The maximum Gasteiger partial charge on any atom is 0.303 e. The van der Waals surface area contributed by atoms with Crippen molar-refractivity contribution in [2.45, 2.75) is 44.9 Å². The summed E-state index contributed by atoms with van der Waals surface area (Å²) in [6, 6.07) is 6.48. The van der Waals surface area contributed by atoms with E-state index in [0.29, 0.717) is 18.5 Å². The van der Waals surface area contributed by atoms with E-state index in [1.54, 1.807) is 18.2 Å². The zero-order valence-corrected chi connectivity index (χ0v) is 12.3. The van der Waals surface area contributed by atoms with Crippen molar-refractivity contribution >= 4 is 11.9 Å². The van der Waals surface area contributed by atoms with Gasteiger partial charge in [-0.2, -0.15) is 0 Å². The zero-order chi connectivity index (χ0) is 15.7. The smallest absolute Gasteiger partial charge is 0.303 e. The number of carboxylic acids is 1. The van der Waals surface area contributed by atoms with E-state index < -0.39 is 5.97 Å². The van der Waals surface area contributed by atoms with Gasteiger partial charge in [0.05, 0.1) is 0 Å². The minimum absolute atomic E-state index is 0.107. The molecule has 0 fully saturated rings. The second-order valence-corrected chi connectivity index (χ2v) is 5.18. The van der Waals surface area contributed by atoms with Gasteiger partial charge in [0.15, 0.2) is 0 Å². The highest BCUT2D eigenvalue weighted by atomic mass is 19.1. The van der Waals surface area contributed by atoms with Crippen molar-refractivity contribution in [3.05, 3.63) is 35.6 Å². The van der Waals surface area contributed by atoms with Crippen LogP contribution in [0.2, 0.25) is 0 Å². The van der Waals surface area contributed by atoms with Gasteiger partial charge in [-0.1, -0.05) is 31.5 Å². The summed E-state index contributed by atoms with van der Waals surface area (Å²) in [6.45, 7) is 2.35. The number of nitrogens with one attached hydrogen (secondary N) is 1. The van der Waals surface area contributed by atoms with Crippen molar-refractivity contribution in [1.82, 2.24) is 5.32 Å². The van der Waals surface area contributed by atoms with E-state index in [1.165, 1.54) is 6.07 Å². The van der Waals surface area contributed by atoms with Crippen molar-refractivity contribution in [2.75, 3.05) is 6.54 Å². The lowest BCUT2D eigenvalue weighted by Gasteiger charge is -2.12. The van der Waals surface area contributed by atoms with Crippen LogP contribution >= 0.6 is 0 Å². The first kappa shape index (κ1) is 17.1. The van der Waals surface area contributed by atoms with Gasteiger partial charge in [-0.15, -0.1) is 0 Å². The Morgan fingerprint density at radius 3 is 2.62 bits per heavy atom. The summed E-state index contributed by atoms with van der Waals surface area (Å²) in [5.41, 5.74) is 0.550. The largest absolute Gasteiger partial charge is 0.481 e. The Balaban J connectivity index is 2.22. The van der Waals surface area contributed by atoms with Crippen LogP contribution in [0.4, 0.5) is 4.39 Å². The number of carboxylic acid groups (broad SMARTS) is 1. The van der Waals surface area contributed by atoms with Crippen LogP contribution in [-0.2, 0) is 9.59 Å². The molecule has 0 spiro atoms. The van der Waals surface area contributed by atoms with Crippen LogP contribution in [0.3, 0.4) is 0 Å². The molecule has 0 heterocycles. The van der Waals surface area contributed by atoms with Gasteiger partial charge >= 0.3 is 5.97 Å². The molecule has 0 aromatic heterocycles. The number of aliphatic carboxylic acids is 1. The number of benzene rings is 1. The topological polar surface area (TPSA) is 66.4 Å². The third-order valence-electron chi connectivity index (χ3n) is 3.32. The maximum atomic E-state index is 13.6. The molecule has 0 aliphatic carbocycles. The first-order valence-electron chi connectivity index (χ1n) is 7.23. The Kier molecular flexibility index (Phi) is 7.43. The second-order valence-electron chi connectivity index (χ2n) is 5.18. The lowest BCUT2D eigenvalue weighted by molar-refractivity contribution is -0.137. The summed E-state index contributed by atoms with van der Waals surface area (Å²) < 4.78 is 13.6. The third kappa shape index (κ3) is 6.88. The highest BCUT2D eigenvalue weighted by Crippen LogP contribution is 2.21. The number of hydrogen-bond donors (Lipinski definition) is 2. The number of hydrogen-bond acceptors (Lipinski definition) is 2. The lowest BCUT2D eigenvalue weighted by Crippen LogP contribution is -2.25. The number of rotatable bonds is 9. The molecule has 0 aliphatic rings. The van der Waals surface area contributed by atoms with Gasteiger partial charge in [0.1, 0.15) is 5.82 Å². The summed E-state index contributed by atoms with van der Waals surface area (Å²) in [7, 11) is 0. The minimum Gasteiger partial charge on any atom is -0.481 e. The molecular formula is C16H22FNO3. The Morgan fingerprint density at radius 1 is 1.24 bits per heavy atom. The van der Waals surface area contributed by atoms with Crippen LogP contribution in [-0.4, -0.2) is 23.5 Å². The molecule has 0 bridgehead atoms. The third-order valence-corrected chi connectivity index (χ3v) is 3.32. The summed E-state index contributed by atoms with van der Waals surface area (Å²) in [5, 5.41) is 11.3.